The predicted octanol–water partition coefficient (Wildman–Crippen LogP) is 4.62. The first-order valence-corrected chi connectivity index (χ1v) is 7.90. The fourth-order valence-electron chi connectivity index (χ4n) is 2.37. The second-order valence-corrected chi connectivity index (χ2v) is 6.13. The van der Waals surface area contributed by atoms with E-state index in [-0.39, 0.29) is 0 Å². The number of allylic oxidation sites excluding steroid dienone is 1. The second kappa shape index (κ2) is 7.27. The van der Waals surface area contributed by atoms with Crippen LogP contribution in [0.25, 0.3) is 6.08 Å². The molecule has 0 saturated heterocycles. The molecule has 1 fully saturated rings. The zero-order chi connectivity index (χ0) is 12.8. The van der Waals surface area contributed by atoms with Crippen molar-refractivity contribution < 1.29 is 4.74 Å². The molecular weight excluding hydrogens is 266 g/mol. The Hall–Kier alpha value is -0.380. The van der Waals surface area contributed by atoms with Gasteiger partial charge in [0.15, 0.2) is 0 Å². The van der Waals surface area contributed by atoms with Crippen LogP contribution in [-0.2, 0) is 17.2 Å². The van der Waals surface area contributed by atoms with Crippen molar-refractivity contribution in [3.05, 3.63) is 21.7 Å². The van der Waals surface area contributed by atoms with Crippen molar-refractivity contribution in [1.82, 2.24) is 4.98 Å². The summed E-state index contributed by atoms with van der Waals surface area (Å²) in [4.78, 5) is 5.70. The molecule has 1 aliphatic carbocycles. The predicted molar refractivity (Wildman–Crippen MR) is 78.0 cm³/mol. The number of halogens is 1. The molecule has 1 aromatic heterocycles. The van der Waals surface area contributed by atoms with Crippen LogP contribution in [0, 0.1) is 5.92 Å². The third-order valence-electron chi connectivity index (χ3n) is 3.36. The number of ether oxygens (including phenoxy) is 1. The van der Waals surface area contributed by atoms with Gasteiger partial charge in [-0.15, -0.1) is 22.9 Å². The van der Waals surface area contributed by atoms with Gasteiger partial charge in [-0.3, -0.25) is 0 Å². The highest BCUT2D eigenvalue weighted by Gasteiger charge is 2.11. The Balaban J connectivity index is 2.01. The Morgan fingerprint density at radius 2 is 2.17 bits per heavy atom. The number of methoxy groups -OCH3 is 1. The second-order valence-electron chi connectivity index (χ2n) is 4.75. The molecule has 100 valence electrons. The van der Waals surface area contributed by atoms with Crippen LogP contribution < -0.4 is 0 Å². The first-order chi connectivity index (χ1) is 8.83. The van der Waals surface area contributed by atoms with Crippen molar-refractivity contribution >= 4 is 29.0 Å². The summed E-state index contributed by atoms with van der Waals surface area (Å²) in [6.07, 6.45) is 11.3. The van der Waals surface area contributed by atoms with Crippen molar-refractivity contribution in [2.75, 3.05) is 7.11 Å². The Labute approximate surface area is 118 Å². The average Bonchev–Trinajstić information content (AvgIpc) is 2.80. The molecule has 2 nitrogen and oxygen atoms in total. The maximum absolute atomic E-state index is 5.92. The van der Waals surface area contributed by atoms with Crippen molar-refractivity contribution in [1.29, 1.82) is 0 Å². The van der Waals surface area contributed by atoms with Crippen LogP contribution in [0.15, 0.2) is 6.08 Å². The van der Waals surface area contributed by atoms with Crippen molar-refractivity contribution in [3.63, 3.8) is 0 Å². The van der Waals surface area contributed by atoms with Gasteiger partial charge in [-0.05, 0) is 24.8 Å². The standard InChI is InChI=1S/C14H20ClNOS/c1-17-10-12-13(9-15)18-14(16-12)8-7-11-5-3-2-4-6-11/h7-8,11H,2-6,9-10H2,1H3/b8-7+. The largest absolute Gasteiger partial charge is 0.378 e. The Kier molecular flexibility index (Phi) is 5.67. The third kappa shape index (κ3) is 3.81. The van der Waals surface area contributed by atoms with E-state index < -0.39 is 0 Å². The number of alkyl halides is 1. The Bertz CT molecular complexity index is 396. The number of nitrogens with zero attached hydrogens (tertiary/aromatic N) is 1. The summed E-state index contributed by atoms with van der Waals surface area (Å²) in [5.74, 6) is 1.26. The quantitative estimate of drug-likeness (QED) is 0.736. The first-order valence-electron chi connectivity index (χ1n) is 6.55. The minimum Gasteiger partial charge on any atom is -0.378 e. The number of aromatic nitrogens is 1. The molecule has 1 saturated carbocycles. The maximum atomic E-state index is 5.92. The Morgan fingerprint density at radius 3 is 2.83 bits per heavy atom. The lowest BCUT2D eigenvalue weighted by molar-refractivity contribution is 0.181. The molecule has 0 spiro atoms. The van der Waals surface area contributed by atoms with Crippen LogP contribution in [0.3, 0.4) is 0 Å². The fourth-order valence-corrected chi connectivity index (χ4v) is 3.52. The van der Waals surface area contributed by atoms with E-state index in [1.807, 2.05) is 0 Å². The third-order valence-corrected chi connectivity index (χ3v) is 4.85. The molecule has 1 heterocycles. The number of hydrogen-bond donors (Lipinski definition) is 0. The van der Waals surface area contributed by atoms with Gasteiger partial charge in [-0.25, -0.2) is 4.98 Å². The zero-order valence-corrected chi connectivity index (χ0v) is 12.4. The van der Waals surface area contributed by atoms with Gasteiger partial charge in [0.05, 0.1) is 18.2 Å². The highest BCUT2D eigenvalue weighted by Crippen LogP contribution is 2.27. The lowest BCUT2D eigenvalue weighted by Gasteiger charge is -2.17. The number of rotatable bonds is 5. The molecule has 0 bridgehead atoms. The van der Waals surface area contributed by atoms with Gasteiger partial charge in [-0.1, -0.05) is 25.3 Å². The minimum absolute atomic E-state index is 0.521. The smallest absolute Gasteiger partial charge is 0.116 e. The lowest BCUT2D eigenvalue weighted by Crippen LogP contribution is -2.02. The number of thiazole rings is 1. The average molecular weight is 286 g/mol. The fraction of sp³-hybridized carbons (Fsp3) is 0.643. The van der Waals surface area contributed by atoms with Crippen LogP contribution in [0.4, 0.5) is 0 Å². The van der Waals surface area contributed by atoms with Crippen LogP contribution in [0.1, 0.15) is 47.7 Å². The van der Waals surface area contributed by atoms with Crippen molar-refractivity contribution in [2.45, 2.75) is 44.6 Å². The van der Waals surface area contributed by atoms with Crippen LogP contribution in [0.5, 0.6) is 0 Å². The summed E-state index contributed by atoms with van der Waals surface area (Å²) in [6.45, 7) is 0.551. The zero-order valence-electron chi connectivity index (χ0n) is 10.8. The summed E-state index contributed by atoms with van der Waals surface area (Å²) in [5.41, 5.74) is 0.987. The monoisotopic (exact) mass is 285 g/mol. The molecular formula is C14H20ClNOS. The van der Waals surface area contributed by atoms with Crippen LogP contribution >= 0.6 is 22.9 Å². The molecule has 18 heavy (non-hydrogen) atoms. The van der Waals surface area contributed by atoms with E-state index in [2.05, 4.69) is 17.1 Å². The van der Waals surface area contributed by atoms with E-state index in [1.165, 1.54) is 32.1 Å². The highest BCUT2D eigenvalue weighted by atomic mass is 35.5. The molecule has 2 rings (SSSR count). The minimum atomic E-state index is 0.521. The van der Waals surface area contributed by atoms with Gasteiger partial charge in [0.25, 0.3) is 0 Å². The normalized spacial score (nSPS) is 17.7. The molecule has 0 unspecified atom stereocenters. The van der Waals surface area contributed by atoms with E-state index in [4.69, 9.17) is 16.3 Å². The summed E-state index contributed by atoms with van der Waals surface area (Å²) in [6, 6.07) is 0. The summed E-state index contributed by atoms with van der Waals surface area (Å²) in [5, 5.41) is 1.06. The molecule has 0 N–H and O–H groups in total. The van der Waals surface area contributed by atoms with Crippen LogP contribution in [-0.4, -0.2) is 12.1 Å². The molecule has 0 amide bonds. The van der Waals surface area contributed by atoms with E-state index in [9.17, 15) is 0 Å². The van der Waals surface area contributed by atoms with E-state index in [0.29, 0.717) is 12.5 Å². The summed E-state index contributed by atoms with van der Waals surface area (Å²) >= 11 is 7.60. The molecule has 4 heteroatoms. The highest BCUT2D eigenvalue weighted by molar-refractivity contribution is 7.12. The summed E-state index contributed by atoms with van der Waals surface area (Å²) in [7, 11) is 1.69. The molecule has 0 radical (unpaired) electrons. The molecule has 0 aromatic carbocycles. The van der Waals surface area contributed by atoms with E-state index in [1.54, 1.807) is 18.4 Å². The van der Waals surface area contributed by atoms with Gasteiger partial charge in [-0.2, -0.15) is 0 Å². The molecule has 0 aliphatic heterocycles. The molecule has 0 atom stereocenters. The summed E-state index contributed by atoms with van der Waals surface area (Å²) < 4.78 is 5.14. The number of hydrogen-bond acceptors (Lipinski definition) is 3. The topological polar surface area (TPSA) is 22.1 Å². The lowest BCUT2D eigenvalue weighted by atomic mass is 9.89. The Morgan fingerprint density at radius 1 is 1.39 bits per heavy atom. The van der Waals surface area contributed by atoms with Gasteiger partial charge >= 0.3 is 0 Å². The van der Waals surface area contributed by atoms with E-state index in [0.717, 1.165) is 21.5 Å². The molecule has 1 aromatic rings. The maximum Gasteiger partial charge on any atom is 0.116 e. The SMILES string of the molecule is COCc1nc(/C=C/C2CCCCC2)sc1CCl. The van der Waals surface area contributed by atoms with Gasteiger partial charge in [0, 0.05) is 12.0 Å². The van der Waals surface area contributed by atoms with Crippen LogP contribution in [0.2, 0.25) is 0 Å². The van der Waals surface area contributed by atoms with Crippen molar-refractivity contribution in [3.8, 4) is 0 Å². The van der Waals surface area contributed by atoms with Crippen molar-refractivity contribution in [2.24, 2.45) is 5.92 Å². The van der Waals surface area contributed by atoms with Gasteiger partial charge in [0.1, 0.15) is 5.01 Å². The van der Waals surface area contributed by atoms with Gasteiger partial charge < -0.3 is 4.74 Å². The van der Waals surface area contributed by atoms with Gasteiger partial charge in [0.2, 0.25) is 0 Å². The first kappa shape index (κ1) is 14.0. The molecule has 1 aliphatic rings. The van der Waals surface area contributed by atoms with E-state index >= 15 is 0 Å².